The Morgan fingerprint density at radius 3 is 3.06 bits per heavy atom. The predicted octanol–water partition coefficient (Wildman–Crippen LogP) is 3.20. The van der Waals surface area contributed by atoms with Crippen molar-refractivity contribution in [2.45, 2.75) is 32.3 Å². The minimum atomic E-state index is -0.685. The van der Waals surface area contributed by atoms with E-state index in [9.17, 15) is 5.11 Å². The van der Waals surface area contributed by atoms with Gasteiger partial charge in [0.05, 0.1) is 13.2 Å². The zero-order valence-corrected chi connectivity index (χ0v) is 10.8. The van der Waals surface area contributed by atoms with E-state index in [1.807, 2.05) is 30.3 Å². The summed E-state index contributed by atoms with van der Waals surface area (Å²) < 4.78 is 11.0. The average Bonchev–Trinajstić information content (AvgIpc) is 2.45. The summed E-state index contributed by atoms with van der Waals surface area (Å²) in [7, 11) is 0. The van der Waals surface area contributed by atoms with Gasteiger partial charge in [0.1, 0.15) is 17.6 Å². The van der Waals surface area contributed by atoms with Crippen LogP contribution in [0.2, 0.25) is 0 Å². The van der Waals surface area contributed by atoms with E-state index in [4.69, 9.17) is 9.47 Å². The standard InChI is InChI=1S/C15H20O3/c1-2-9-17-13-7-5-6-12(11-13)15(16)14-8-3-4-10-18-14/h5-8,11,15-16H,2-4,9-10H2,1H3. The molecular formula is C15H20O3. The van der Waals surface area contributed by atoms with Crippen LogP contribution in [-0.2, 0) is 4.74 Å². The zero-order chi connectivity index (χ0) is 12.8. The summed E-state index contributed by atoms with van der Waals surface area (Å²) in [6, 6.07) is 7.57. The molecule has 0 radical (unpaired) electrons. The van der Waals surface area contributed by atoms with E-state index in [2.05, 4.69) is 6.92 Å². The van der Waals surface area contributed by atoms with Crippen LogP contribution in [0.3, 0.4) is 0 Å². The first kappa shape index (κ1) is 13.0. The molecule has 1 N–H and O–H groups in total. The number of hydrogen-bond donors (Lipinski definition) is 1. The first-order chi connectivity index (χ1) is 8.81. The molecule has 1 unspecified atom stereocenters. The van der Waals surface area contributed by atoms with Crippen molar-refractivity contribution in [3.05, 3.63) is 41.7 Å². The number of rotatable bonds is 5. The van der Waals surface area contributed by atoms with Crippen LogP contribution in [0.15, 0.2) is 36.1 Å². The van der Waals surface area contributed by atoms with E-state index < -0.39 is 6.10 Å². The van der Waals surface area contributed by atoms with Crippen molar-refractivity contribution in [3.63, 3.8) is 0 Å². The number of hydrogen-bond acceptors (Lipinski definition) is 3. The summed E-state index contributed by atoms with van der Waals surface area (Å²) >= 11 is 0. The summed E-state index contributed by atoms with van der Waals surface area (Å²) in [5, 5.41) is 10.2. The summed E-state index contributed by atoms with van der Waals surface area (Å²) in [5.74, 6) is 1.46. The van der Waals surface area contributed by atoms with Gasteiger partial charge in [-0.1, -0.05) is 19.1 Å². The molecule has 2 rings (SSSR count). The summed E-state index contributed by atoms with van der Waals surface area (Å²) in [5.41, 5.74) is 0.816. The minimum absolute atomic E-state index is 0.661. The van der Waals surface area contributed by atoms with Crippen LogP contribution in [0.4, 0.5) is 0 Å². The third-order valence-corrected chi connectivity index (χ3v) is 2.88. The Kier molecular flexibility index (Phi) is 4.65. The number of aliphatic hydroxyl groups excluding tert-OH is 1. The van der Waals surface area contributed by atoms with Gasteiger partial charge in [-0.05, 0) is 43.0 Å². The van der Waals surface area contributed by atoms with Crippen LogP contribution in [0.5, 0.6) is 5.75 Å². The molecule has 98 valence electrons. The van der Waals surface area contributed by atoms with E-state index >= 15 is 0 Å². The maximum atomic E-state index is 10.2. The van der Waals surface area contributed by atoms with Gasteiger partial charge in [-0.2, -0.15) is 0 Å². The van der Waals surface area contributed by atoms with Gasteiger partial charge >= 0.3 is 0 Å². The molecule has 0 aromatic heterocycles. The third-order valence-electron chi connectivity index (χ3n) is 2.88. The van der Waals surface area contributed by atoms with Crippen LogP contribution in [0, 0.1) is 0 Å². The Labute approximate surface area is 108 Å². The molecule has 1 atom stereocenters. The van der Waals surface area contributed by atoms with Gasteiger partial charge in [0, 0.05) is 0 Å². The molecule has 18 heavy (non-hydrogen) atoms. The second-order valence-electron chi connectivity index (χ2n) is 4.42. The minimum Gasteiger partial charge on any atom is -0.495 e. The van der Waals surface area contributed by atoms with Crippen LogP contribution in [-0.4, -0.2) is 18.3 Å². The van der Waals surface area contributed by atoms with Crippen molar-refractivity contribution in [1.82, 2.24) is 0 Å². The largest absolute Gasteiger partial charge is 0.495 e. The van der Waals surface area contributed by atoms with E-state index in [0.717, 1.165) is 30.6 Å². The van der Waals surface area contributed by atoms with E-state index in [1.165, 1.54) is 0 Å². The van der Waals surface area contributed by atoms with Gasteiger partial charge in [-0.15, -0.1) is 0 Å². The third kappa shape index (κ3) is 3.26. The quantitative estimate of drug-likeness (QED) is 0.869. The first-order valence-corrected chi connectivity index (χ1v) is 6.55. The Bertz CT molecular complexity index is 412. The number of aliphatic hydroxyl groups is 1. The molecular weight excluding hydrogens is 228 g/mol. The normalized spacial score (nSPS) is 16.7. The Morgan fingerprint density at radius 1 is 1.44 bits per heavy atom. The number of allylic oxidation sites excluding steroid dienone is 1. The van der Waals surface area contributed by atoms with E-state index in [0.29, 0.717) is 19.0 Å². The maximum Gasteiger partial charge on any atom is 0.136 e. The fraction of sp³-hybridized carbons (Fsp3) is 0.467. The van der Waals surface area contributed by atoms with Crippen molar-refractivity contribution >= 4 is 0 Å². The molecule has 0 amide bonds. The van der Waals surface area contributed by atoms with Gasteiger partial charge in [-0.25, -0.2) is 0 Å². The molecule has 0 aliphatic carbocycles. The molecule has 0 bridgehead atoms. The number of benzene rings is 1. The maximum absolute atomic E-state index is 10.2. The fourth-order valence-electron chi connectivity index (χ4n) is 1.93. The SMILES string of the molecule is CCCOc1cccc(C(O)C2=CCCCO2)c1. The van der Waals surface area contributed by atoms with E-state index in [1.54, 1.807) is 0 Å². The lowest BCUT2D eigenvalue weighted by molar-refractivity contribution is 0.0916. The molecule has 1 aromatic rings. The molecule has 1 aromatic carbocycles. The van der Waals surface area contributed by atoms with Gasteiger partial charge in [0.2, 0.25) is 0 Å². The highest BCUT2D eigenvalue weighted by molar-refractivity contribution is 5.32. The second kappa shape index (κ2) is 6.45. The van der Waals surface area contributed by atoms with Crippen LogP contribution in [0.1, 0.15) is 37.9 Å². The zero-order valence-electron chi connectivity index (χ0n) is 10.8. The van der Waals surface area contributed by atoms with Gasteiger partial charge in [0.25, 0.3) is 0 Å². The van der Waals surface area contributed by atoms with Gasteiger partial charge in [-0.3, -0.25) is 0 Å². The molecule has 1 aliphatic heterocycles. The number of ether oxygens (including phenoxy) is 2. The van der Waals surface area contributed by atoms with E-state index in [-0.39, 0.29) is 0 Å². The highest BCUT2D eigenvalue weighted by Crippen LogP contribution is 2.28. The monoisotopic (exact) mass is 248 g/mol. The molecule has 0 saturated heterocycles. The lowest BCUT2D eigenvalue weighted by atomic mass is 10.1. The van der Waals surface area contributed by atoms with Crippen molar-refractivity contribution in [3.8, 4) is 5.75 Å². The Morgan fingerprint density at radius 2 is 2.33 bits per heavy atom. The predicted molar refractivity (Wildman–Crippen MR) is 70.5 cm³/mol. The molecule has 0 fully saturated rings. The van der Waals surface area contributed by atoms with Gasteiger partial charge in [0.15, 0.2) is 0 Å². The Balaban J connectivity index is 2.09. The highest BCUT2D eigenvalue weighted by atomic mass is 16.5. The Hall–Kier alpha value is -1.48. The molecule has 0 saturated carbocycles. The smallest absolute Gasteiger partial charge is 0.136 e. The van der Waals surface area contributed by atoms with Gasteiger partial charge < -0.3 is 14.6 Å². The average molecular weight is 248 g/mol. The lowest BCUT2D eigenvalue weighted by Crippen LogP contribution is -2.10. The molecule has 1 aliphatic rings. The first-order valence-electron chi connectivity index (χ1n) is 6.55. The fourth-order valence-corrected chi connectivity index (χ4v) is 1.93. The molecule has 0 spiro atoms. The lowest BCUT2D eigenvalue weighted by Gasteiger charge is -2.20. The van der Waals surface area contributed by atoms with Crippen LogP contribution >= 0.6 is 0 Å². The van der Waals surface area contributed by atoms with Crippen molar-refractivity contribution in [2.24, 2.45) is 0 Å². The summed E-state index contributed by atoms with van der Waals surface area (Å²) in [4.78, 5) is 0. The highest BCUT2D eigenvalue weighted by Gasteiger charge is 2.17. The molecule has 3 nitrogen and oxygen atoms in total. The van der Waals surface area contributed by atoms with Crippen LogP contribution < -0.4 is 4.74 Å². The van der Waals surface area contributed by atoms with Crippen molar-refractivity contribution in [2.75, 3.05) is 13.2 Å². The van der Waals surface area contributed by atoms with Crippen LogP contribution in [0.25, 0.3) is 0 Å². The topological polar surface area (TPSA) is 38.7 Å². The molecule has 3 heteroatoms. The second-order valence-corrected chi connectivity index (χ2v) is 4.42. The molecule has 1 heterocycles. The van der Waals surface area contributed by atoms with Crippen molar-refractivity contribution < 1.29 is 14.6 Å². The summed E-state index contributed by atoms with van der Waals surface area (Å²) in [6.45, 7) is 3.45. The summed E-state index contributed by atoms with van der Waals surface area (Å²) in [6.07, 6.45) is 4.25. The van der Waals surface area contributed by atoms with Crippen molar-refractivity contribution in [1.29, 1.82) is 0 Å².